The van der Waals surface area contributed by atoms with Crippen molar-refractivity contribution in [3.8, 4) is 0 Å². The molecule has 2 rings (SSSR count). The fraction of sp³-hybridized carbons (Fsp3) is 0.611. The molecular formula is C18H29BN2O4. The summed E-state index contributed by atoms with van der Waals surface area (Å²) in [7, 11) is 0.822. The maximum Gasteiger partial charge on any atom is 0.491 e. The van der Waals surface area contributed by atoms with Gasteiger partial charge in [0.05, 0.1) is 11.2 Å². The van der Waals surface area contributed by atoms with Crippen molar-refractivity contribution < 1.29 is 19.6 Å². The average Bonchev–Trinajstić information content (AvgIpc) is 2.53. The van der Waals surface area contributed by atoms with Gasteiger partial charge in [-0.25, -0.2) is 0 Å². The number of hydrogen-bond acceptors (Lipinski definition) is 5. The third kappa shape index (κ3) is 4.82. The van der Waals surface area contributed by atoms with Gasteiger partial charge in [0.2, 0.25) is 0 Å². The number of carbonyl (C=O) groups is 1. The van der Waals surface area contributed by atoms with Crippen LogP contribution in [0.25, 0.3) is 0 Å². The molecule has 0 atom stereocenters. The molecule has 1 aliphatic heterocycles. The van der Waals surface area contributed by atoms with Crippen LogP contribution in [0.1, 0.15) is 38.1 Å². The van der Waals surface area contributed by atoms with E-state index in [1.807, 2.05) is 11.9 Å². The molecule has 2 N–H and O–H groups in total. The van der Waals surface area contributed by atoms with Gasteiger partial charge in [0.15, 0.2) is 0 Å². The Bertz CT molecular complexity index is 607. The first-order chi connectivity index (χ1) is 11.5. The monoisotopic (exact) mass is 348 g/mol. The van der Waals surface area contributed by atoms with Crippen molar-refractivity contribution in [1.82, 2.24) is 9.80 Å². The fourth-order valence-corrected chi connectivity index (χ4v) is 2.51. The molecule has 138 valence electrons. The number of likely N-dealkylation sites (N-methyl/N-ethyl adjacent to an activating group) is 1. The zero-order valence-electron chi connectivity index (χ0n) is 15.8. The highest BCUT2D eigenvalue weighted by atomic mass is 16.5. The summed E-state index contributed by atoms with van der Waals surface area (Å²) >= 11 is 0. The smallest absolute Gasteiger partial charge is 0.423 e. The molecule has 0 spiro atoms. The van der Waals surface area contributed by atoms with Crippen molar-refractivity contribution in [2.75, 3.05) is 33.2 Å². The van der Waals surface area contributed by atoms with E-state index in [2.05, 4.69) is 4.90 Å². The van der Waals surface area contributed by atoms with Crippen LogP contribution < -0.4 is 5.46 Å². The maximum atomic E-state index is 12.7. The van der Waals surface area contributed by atoms with Crippen LogP contribution in [0.2, 0.25) is 0 Å². The minimum Gasteiger partial charge on any atom is -0.423 e. The van der Waals surface area contributed by atoms with Gasteiger partial charge >= 0.3 is 7.12 Å². The highest BCUT2D eigenvalue weighted by Gasteiger charge is 2.39. The maximum absolute atomic E-state index is 12.7. The van der Waals surface area contributed by atoms with Gasteiger partial charge in [-0.1, -0.05) is 12.1 Å². The van der Waals surface area contributed by atoms with Gasteiger partial charge < -0.3 is 24.6 Å². The number of aliphatic hydroxyl groups is 1. The van der Waals surface area contributed by atoms with Crippen LogP contribution in [-0.2, 0) is 4.65 Å². The summed E-state index contributed by atoms with van der Waals surface area (Å²) in [5.74, 6) is -0.0381. The standard InChI is InChI=1S/C18H29BN2O4/c1-17(2,23)18(3,4)25-19(24)15-8-6-7-14(13-15)16(22)21-11-9-20(5)10-12-21/h6-8,13,23-24H,9-12H2,1-5H3. The van der Waals surface area contributed by atoms with Gasteiger partial charge in [-0.2, -0.15) is 0 Å². The topological polar surface area (TPSA) is 73.2 Å². The van der Waals surface area contributed by atoms with Crippen molar-refractivity contribution in [3.63, 3.8) is 0 Å². The number of carbonyl (C=O) groups excluding carboxylic acids is 1. The normalized spacial score (nSPS) is 16.8. The van der Waals surface area contributed by atoms with Crippen LogP contribution in [0.3, 0.4) is 0 Å². The minimum atomic E-state index is -1.22. The Morgan fingerprint density at radius 2 is 1.76 bits per heavy atom. The molecule has 0 aromatic heterocycles. The number of benzene rings is 1. The van der Waals surface area contributed by atoms with Crippen molar-refractivity contribution in [3.05, 3.63) is 29.8 Å². The molecule has 1 aromatic carbocycles. The van der Waals surface area contributed by atoms with E-state index in [-0.39, 0.29) is 5.91 Å². The summed E-state index contributed by atoms with van der Waals surface area (Å²) in [6, 6.07) is 6.86. The second-order valence-electron chi connectivity index (χ2n) is 7.76. The Hall–Kier alpha value is -1.41. The van der Waals surface area contributed by atoms with Crippen molar-refractivity contribution in [1.29, 1.82) is 0 Å². The van der Waals surface area contributed by atoms with E-state index in [0.29, 0.717) is 24.1 Å². The molecule has 1 aromatic rings. The van der Waals surface area contributed by atoms with Crippen molar-refractivity contribution in [2.45, 2.75) is 38.9 Å². The molecule has 0 saturated carbocycles. The molecule has 1 saturated heterocycles. The molecule has 25 heavy (non-hydrogen) atoms. The molecule has 1 heterocycles. The Kier molecular flexibility index (Phi) is 5.94. The van der Waals surface area contributed by atoms with E-state index in [0.717, 1.165) is 13.1 Å². The molecule has 0 bridgehead atoms. The number of hydrogen-bond donors (Lipinski definition) is 2. The quantitative estimate of drug-likeness (QED) is 0.751. The molecule has 1 fully saturated rings. The third-order valence-corrected chi connectivity index (χ3v) is 5.09. The van der Waals surface area contributed by atoms with Gasteiger partial charge in [0.1, 0.15) is 0 Å². The first-order valence-electron chi connectivity index (χ1n) is 8.67. The minimum absolute atomic E-state index is 0.0381. The highest BCUT2D eigenvalue weighted by molar-refractivity contribution is 6.60. The first-order valence-corrected chi connectivity index (χ1v) is 8.67. The predicted octanol–water partition coefficient (Wildman–Crippen LogP) is 0.328. The Morgan fingerprint density at radius 3 is 2.32 bits per heavy atom. The summed E-state index contributed by atoms with van der Waals surface area (Å²) < 4.78 is 5.66. The van der Waals surface area contributed by atoms with E-state index in [1.165, 1.54) is 0 Å². The summed E-state index contributed by atoms with van der Waals surface area (Å²) in [5, 5.41) is 20.6. The van der Waals surface area contributed by atoms with E-state index < -0.39 is 18.3 Å². The van der Waals surface area contributed by atoms with Crippen LogP contribution >= 0.6 is 0 Å². The van der Waals surface area contributed by atoms with E-state index in [9.17, 15) is 14.9 Å². The van der Waals surface area contributed by atoms with Crippen LogP contribution in [0.15, 0.2) is 24.3 Å². The highest BCUT2D eigenvalue weighted by Crippen LogP contribution is 2.25. The largest absolute Gasteiger partial charge is 0.491 e. The Morgan fingerprint density at radius 1 is 1.16 bits per heavy atom. The number of amides is 1. The molecule has 6 nitrogen and oxygen atoms in total. The summed E-state index contributed by atoms with van der Waals surface area (Å²) in [6.07, 6.45) is 0. The van der Waals surface area contributed by atoms with Crippen LogP contribution in [-0.4, -0.2) is 77.4 Å². The van der Waals surface area contributed by atoms with Gasteiger partial charge in [0, 0.05) is 31.7 Å². The second-order valence-corrected chi connectivity index (χ2v) is 7.76. The van der Waals surface area contributed by atoms with Gasteiger partial charge in [-0.05, 0) is 52.3 Å². The lowest BCUT2D eigenvalue weighted by atomic mass is 9.76. The zero-order valence-corrected chi connectivity index (χ0v) is 15.8. The molecule has 1 aliphatic rings. The predicted molar refractivity (Wildman–Crippen MR) is 98.9 cm³/mol. The first kappa shape index (κ1) is 19.9. The zero-order chi connectivity index (χ0) is 18.8. The van der Waals surface area contributed by atoms with Crippen molar-refractivity contribution >= 4 is 18.5 Å². The molecule has 1 amide bonds. The van der Waals surface area contributed by atoms with Crippen LogP contribution in [0, 0.1) is 0 Å². The summed E-state index contributed by atoms with van der Waals surface area (Å²) in [4.78, 5) is 16.7. The van der Waals surface area contributed by atoms with Gasteiger partial charge in [-0.15, -0.1) is 0 Å². The third-order valence-electron chi connectivity index (χ3n) is 5.09. The van der Waals surface area contributed by atoms with E-state index >= 15 is 0 Å². The fourth-order valence-electron chi connectivity index (χ4n) is 2.51. The second kappa shape index (κ2) is 7.46. The lowest BCUT2D eigenvalue weighted by Crippen LogP contribution is -2.53. The average molecular weight is 348 g/mol. The summed E-state index contributed by atoms with van der Waals surface area (Å²) in [6.45, 7) is 9.81. The lowest BCUT2D eigenvalue weighted by Gasteiger charge is -2.38. The number of rotatable bonds is 5. The van der Waals surface area contributed by atoms with E-state index in [4.69, 9.17) is 4.65 Å². The molecule has 0 unspecified atom stereocenters. The molecule has 0 radical (unpaired) electrons. The van der Waals surface area contributed by atoms with Crippen LogP contribution in [0.4, 0.5) is 0 Å². The summed E-state index contributed by atoms with van der Waals surface area (Å²) in [5.41, 5.74) is -1.05. The Balaban J connectivity index is 2.11. The molecule has 7 heteroatoms. The Labute approximate surface area is 150 Å². The number of nitrogens with zero attached hydrogens (tertiary/aromatic N) is 2. The van der Waals surface area contributed by atoms with Gasteiger partial charge in [-0.3, -0.25) is 4.79 Å². The molecular weight excluding hydrogens is 319 g/mol. The van der Waals surface area contributed by atoms with Crippen LogP contribution in [0.5, 0.6) is 0 Å². The van der Waals surface area contributed by atoms with E-state index in [1.54, 1.807) is 52.0 Å². The van der Waals surface area contributed by atoms with Crippen molar-refractivity contribution in [2.24, 2.45) is 0 Å². The molecule has 0 aliphatic carbocycles. The number of piperazine rings is 1. The van der Waals surface area contributed by atoms with Gasteiger partial charge in [0.25, 0.3) is 5.91 Å². The SMILES string of the molecule is CN1CCN(C(=O)c2cccc(B(O)OC(C)(C)C(C)(C)O)c2)CC1. The lowest BCUT2D eigenvalue weighted by molar-refractivity contribution is -0.0982.